The molecule has 110 valence electrons. The van der Waals surface area contributed by atoms with Gasteiger partial charge in [-0.3, -0.25) is 9.52 Å². The van der Waals surface area contributed by atoms with Crippen LogP contribution in [0.5, 0.6) is 0 Å². The molecule has 20 heavy (non-hydrogen) atoms. The van der Waals surface area contributed by atoms with Gasteiger partial charge in [0, 0.05) is 18.8 Å². The summed E-state index contributed by atoms with van der Waals surface area (Å²) in [6.45, 7) is 0.320. The highest BCUT2D eigenvalue weighted by molar-refractivity contribution is 7.90. The van der Waals surface area contributed by atoms with Crippen molar-refractivity contribution >= 4 is 21.9 Å². The average Bonchev–Trinajstić information content (AvgIpc) is 2.41. The van der Waals surface area contributed by atoms with Gasteiger partial charge in [-0.15, -0.1) is 0 Å². The fourth-order valence-corrected chi connectivity index (χ4v) is 3.33. The summed E-state index contributed by atoms with van der Waals surface area (Å²) in [5, 5.41) is 8.87. The van der Waals surface area contributed by atoms with E-state index in [1.54, 1.807) is 0 Å². The Morgan fingerprint density at radius 1 is 1.25 bits per heavy atom. The molecular weight excluding hydrogens is 287 g/mol. The number of piperidine rings is 1. The van der Waals surface area contributed by atoms with Gasteiger partial charge in [-0.1, -0.05) is 0 Å². The van der Waals surface area contributed by atoms with Crippen molar-refractivity contribution < 1.29 is 22.7 Å². The molecule has 0 saturated carbocycles. The number of hydrogen-bond acceptors (Lipinski definition) is 3. The lowest BCUT2D eigenvalue weighted by Crippen LogP contribution is -2.42. The molecule has 1 aliphatic heterocycles. The van der Waals surface area contributed by atoms with E-state index in [4.69, 9.17) is 5.11 Å². The predicted octanol–water partition coefficient (Wildman–Crippen LogP) is 1.28. The number of rotatable bonds is 4. The Labute approximate surface area is 116 Å². The van der Waals surface area contributed by atoms with E-state index < -0.39 is 27.9 Å². The highest BCUT2D eigenvalue weighted by Crippen LogP contribution is 2.21. The Hall–Kier alpha value is -1.67. The number of carbonyl (C=O) groups is 1. The normalized spacial score (nSPS) is 17.9. The fraction of sp³-hybridized carbons (Fsp3) is 0.417. The molecule has 0 aliphatic carbocycles. The topological polar surface area (TPSA) is 86.7 Å². The third kappa shape index (κ3) is 3.45. The summed E-state index contributed by atoms with van der Waals surface area (Å²) in [7, 11) is -3.73. The van der Waals surface area contributed by atoms with Crippen LogP contribution in [0.3, 0.4) is 0 Å². The second-order valence-corrected chi connectivity index (χ2v) is 6.30. The summed E-state index contributed by atoms with van der Waals surface area (Å²) >= 11 is 0. The number of carboxylic acid groups (broad SMARTS) is 1. The van der Waals surface area contributed by atoms with Crippen molar-refractivity contribution in [2.75, 3.05) is 17.8 Å². The Morgan fingerprint density at radius 3 is 2.30 bits per heavy atom. The van der Waals surface area contributed by atoms with Gasteiger partial charge in [-0.2, -0.15) is 12.7 Å². The predicted molar refractivity (Wildman–Crippen MR) is 70.9 cm³/mol. The number of hydrogen-bond donors (Lipinski definition) is 2. The van der Waals surface area contributed by atoms with E-state index in [2.05, 4.69) is 4.72 Å². The smallest absolute Gasteiger partial charge is 0.306 e. The largest absolute Gasteiger partial charge is 0.481 e. The molecule has 1 fully saturated rings. The number of anilines is 1. The molecule has 1 heterocycles. The van der Waals surface area contributed by atoms with Crippen LogP contribution in [0.2, 0.25) is 0 Å². The first-order chi connectivity index (χ1) is 9.38. The number of nitrogens with one attached hydrogen (secondary N) is 1. The van der Waals surface area contributed by atoms with Crippen molar-refractivity contribution in [3.05, 3.63) is 30.1 Å². The zero-order valence-electron chi connectivity index (χ0n) is 10.6. The minimum Gasteiger partial charge on any atom is -0.481 e. The number of nitrogens with zero attached hydrogens (tertiary/aromatic N) is 1. The molecule has 1 saturated heterocycles. The van der Waals surface area contributed by atoms with E-state index >= 15 is 0 Å². The summed E-state index contributed by atoms with van der Waals surface area (Å²) in [5.74, 6) is -1.84. The molecule has 6 nitrogen and oxygen atoms in total. The summed E-state index contributed by atoms with van der Waals surface area (Å²) in [6.07, 6.45) is 0.583. The van der Waals surface area contributed by atoms with Gasteiger partial charge in [0.05, 0.1) is 5.92 Å². The first kappa shape index (κ1) is 14.7. The van der Waals surface area contributed by atoms with Crippen LogP contribution in [0.25, 0.3) is 0 Å². The number of carboxylic acids is 1. The van der Waals surface area contributed by atoms with Crippen LogP contribution in [-0.4, -0.2) is 36.9 Å². The second-order valence-electron chi connectivity index (χ2n) is 4.63. The Bertz CT molecular complexity index is 580. The van der Waals surface area contributed by atoms with Gasteiger partial charge in [0.25, 0.3) is 0 Å². The van der Waals surface area contributed by atoms with Crippen LogP contribution in [0.1, 0.15) is 12.8 Å². The average molecular weight is 302 g/mol. The molecule has 1 aromatic carbocycles. The highest BCUT2D eigenvalue weighted by Gasteiger charge is 2.30. The molecule has 1 aromatic rings. The number of benzene rings is 1. The van der Waals surface area contributed by atoms with Gasteiger partial charge in [0.1, 0.15) is 5.82 Å². The third-order valence-corrected chi connectivity index (χ3v) is 4.77. The summed E-state index contributed by atoms with van der Waals surface area (Å²) < 4.78 is 40.5. The first-order valence-electron chi connectivity index (χ1n) is 6.15. The SMILES string of the molecule is O=C(O)C1CCN(S(=O)(=O)Nc2ccc(F)cc2)CC1. The maximum atomic E-state index is 12.7. The monoisotopic (exact) mass is 302 g/mol. The van der Waals surface area contributed by atoms with Crippen LogP contribution in [0.15, 0.2) is 24.3 Å². The van der Waals surface area contributed by atoms with Crippen LogP contribution in [0.4, 0.5) is 10.1 Å². The number of halogens is 1. The minimum atomic E-state index is -3.73. The Morgan fingerprint density at radius 2 is 1.80 bits per heavy atom. The Kier molecular flexibility index (Phi) is 4.24. The molecule has 1 aliphatic rings. The zero-order valence-corrected chi connectivity index (χ0v) is 11.4. The standard InChI is InChI=1S/C12H15FN2O4S/c13-10-1-3-11(4-2-10)14-20(18,19)15-7-5-9(6-8-15)12(16)17/h1-4,9,14H,5-8H2,(H,16,17). The molecule has 0 aromatic heterocycles. The number of aliphatic carboxylic acids is 1. The molecular formula is C12H15FN2O4S. The van der Waals surface area contributed by atoms with Crippen LogP contribution >= 0.6 is 0 Å². The molecule has 0 spiro atoms. The first-order valence-corrected chi connectivity index (χ1v) is 7.59. The van der Waals surface area contributed by atoms with Gasteiger partial charge < -0.3 is 5.11 Å². The van der Waals surface area contributed by atoms with Crippen molar-refractivity contribution in [1.82, 2.24) is 4.31 Å². The lowest BCUT2D eigenvalue weighted by atomic mass is 9.99. The van der Waals surface area contributed by atoms with Crippen LogP contribution < -0.4 is 4.72 Å². The highest BCUT2D eigenvalue weighted by atomic mass is 32.2. The van der Waals surface area contributed by atoms with E-state index in [-0.39, 0.29) is 18.8 Å². The van der Waals surface area contributed by atoms with Crippen LogP contribution in [0, 0.1) is 11.7 Å². The molecule has 0 amide bonds. The molecule has 2 rings (SSSR count). The minimum absolute atomic E-state index is 0.160. The van der Waals surface area contributed by atoms with Gasteiger partial charge in [-0.05, 0) is 37.1 Å². The van der Waals surface area contributed by atoms with E-state index in [9.17, 15) is 17.6 Å². The quantitative estimate of drug-likeness (QED) is 0.877. The van der Waals surface area contributed by atoms with Gasteiger partial charge in [0.2, 0.25) is 0 Å². The second kappa shape index (κ2) is 5.76. The van der Waals surface area contributed by atoms with Gasteiger partial charge in [-0.25, -0.2) is 4.39 Å². The van der Waals surface area contributed by atoms with Crippen molar-refractivity contribution in [3.63, 3.8) is 0 Å². The van der Waals surface area contributed by atoms with E-state index in [1.807, 2.05) is 0 Å². The van der Waals surface area contributed by atoms with Crippen molar-refractivity contribution in [2.24, 2.45) is 5.92 Å². The van der Waals surface area contributed by atoms with Crippen molar-refractivity contribution in [3.8, 4) is 0 Å². The molecule has 2 N–H and O–H groups in total. The molecule has 0 unspecified atom stereocenters. The van der Waals surface area contributed by atoms with E-state index in [0.29, 0.717) is 12.8 Å². The van der Waals surface area contributed by atoms with E-state index in [1.165, 1.54) is 16.4 Å². The molecule has 0 atom stereocenters. The van der Waals surface area contributed by atoms with Crippen molar-refractivity contribution in [1.29, 1.82) is 0 Å². The van der Waals surface area contributed by atoms with Gasteiger partial charge in [0.15, 0.2) is 0 Å². The zero-order chi connectivity index (χ0) is 14.8. The summed E-state index contributed by atoms with van der Waals surface area (Å²) in [6, 6.07) is 4.98. The van der Waals surface area contributed by atoms with Crippen LogP contribution in [-0.2, 0) is 15.0 Å². The van der Waals surface area contributed by atoms with E-state index in [0.717, 1.165) is 12.1 Å². The molecule has 0 bridgehead atoms. The maximum absolute atomic E-state index is 12.7. The lowest BCUT2D eigenvalue weighted by molar-refractivity contribution is -0.142. The summed E-state index contributed by atoms with van der Waals surface area (Å²) in [5.41, 5.74) is 0.270. The Balaban J connectivity index is 2.01. The fourth-order valence-electron chi connectivity index (χ4n) is 2.07. The molecule has 0 radical (unpaired) electrons. The van der Waals surface area contributed by atoms with Crippen molar-refractivity contribution in [2.45, 2.75) is 12.8 Å². The lowest BCUT2D eigenvalue weighted by Gasteiger charge is -2.29. The van der Waals surface area contributed by atoms with Gasteiger partial charge >= 0.3 is 16.2 Å². The molecule has 8 heteroatoms. The third-order valence-electron chi connectivity index (χ3n) is 3.23. The maximum Gasteiger partial charge on any atom is 0.306 e. The summed E-state index contributed by atoms with van der Waals surface area (Å²) in [4.78, 5) is 10.8.